The number of pyridine rings is 1. The maximum Gasteiger partial charge on any atom is 0.191 e. The van der Waals surface area contributed by atoms with E-state index >= 15 is 0 Å². The minimum Gasteiger partial charge on any atom is -0.354 e. The van der Waals surface area contributed by atoms with E-state index in [2.05, 4.69) is 39.6 Å². The van der Waals surface area contributed by atoms with Crippen molar-refractivity contribution >= 4 is 5.96 Å². The molecule has 2 heterocycles. The predicted molar refractivity (Wildman–Crippen MR) is 105 cm³/mol. The molecule has 2 aromatic rings. The third kappa shape index (κ3) is 4.84. The van der Waals surface area contributed by atoms with E-state index in [1.54, 1.807) is 10.9 Å². The van der Waals surface area contributed by atoms with Crippen molar-refractivity contribution in [2.75, 3.05) is 7.05 Å². The maximum atomic E-state index is 4.38. The molecule has 140 valence electrons. The molecule has 6 heteroatoms. The molecule has 0 atom stereocenters. The standard InChI is InChI=1S/C20H30N6/c1-15(2)17-5-7-18(8-6-17)25-20(21-3)23-14-16-9-11-22-19(13-16)26-12-4-10-24-26/h4,9-13,15,17-18H,5-8,14H2,1-3H3,(H2,21,23,25). The van der Waals surface area contributed by atoms with Crippen LogP contribution in [-0.2, 0) is 6.54 Å². The normalized spacial score (nSPS) is 21.0. The molecule has 2 N–H and O–H groups in total. The van der Waals surface area contributed by atoms with Gasteiger partial charge in [-0.05, 0) is 61.3 Å². The summed E-state index contributed by atoms with van der Waals surface area (Å²) in [6, 6.07) is 6.47. The van der Waals surface area contributed by atoms with Gasteiger partial charge in [-0.15, -0.1) is 0 Å². The van der Waals surface area contributed by atoms with Crippen molar-refractivity contribution in [3.63, 3.8) is 0 Å². The Kier molecular flexibility index (Phi) is 6.26. The second kappa shape index (κ2) is 8.83. The Balaban J connectivity index is 1.51. The van der Waals surface area contributed by atoms with Crippen LogP contribution in [0.2, 0.25) is 0 Å². The van der Waals surface area contributed by atoms with Crippen molar-refractivity contribution in [1.82, 2.24) is 25.4 Å². The summed E-state index contributed by atoms with van der Waals surface area (Å²) < 4.78 is 1.77. The molecule has 26 heavy (non-hydrogen) atoms. The average Bonchev–Trinajstić information content (AvgIpc) is 3.20. The van der Waals surface area contributed by atoms with Crippen LogP contribution in [0.1, 0.15) is 45.1 Å². The molecule has 1 aliphatic carbocycles. The number of rotatable bonds is 5. The van der Waals surface area contributed by atoms with Gasteiger partial charge in [0.05, 0.1) is 0 Å². The highest BCUT2D eigenvalue weighted by Crippen LogP contribution is 2.29. The molecular weight excluding hydrogens is 324 g/mol. The maximum absolute atomic E-state index is 4.38. The first-order valence-corrected chi connectivity index (χ1v) is 9.58. The van der Waals surface area contributed by atoms with Crippen LogP contribution in [0.5, 0.6) is 0 Å². The van der Waals surface area contributed by atoms with E-state index < -0.39 is 0 Å². The molecule has 0 aromatic carbocycles. The molecule has 0 amide bonds. The summed E-state index contributed by atoms with van der Waals surface area (Å²) in [7, 11) is 1.83. The van der Waals surface area contributed by atoms with Gasteiger partial charge in [0.25, 0.3) is 0 Å². The van der Waals surface area contributed by atoms with Crippen LogP contribution in [-0.4, -0.2) is 33.8 Å². The fourth-order valence-corrected chi connectivity index (χ4v) is 3.60. The summed E-state index contributed by atoms with van der Waals surface area (Å²) >= 11 is 0. The van der Waals surface area contributed by atoms with Gasteiger partial charge in [-0.3, -0.25) is 4.99 Å². The first-order valence-electron chi connectivity index (χ1n) is 9.58. The Morgan fingerprint density at radius 3 is 2.73 bits per heavy atom. The minimum atomic E-state index is 0.522. The molecule has 1 fully saturated rings. The van der Waals surface area contributed by atoms with Crippen molar-refractivity contribution in [3.05, 3.63) is 42.4 Å². The third-order valence-electron chi connectivity index (χ3n) is 5.29. The average molecular weight is 355 g/mol. The van der Waals surface area contributed by atoms with E-state index in [0.29, 0.717) is 12.6 Å². The minimum absolute atomic E-state index is 0.522. The Morgan fingerprint density at radius 1 is 1.27 bits per heavy atom. The molecule has 0 saturated heterocycles. The van der Waals surface area contributed by atoms with Crippen LogP contribution >= 0.6 is 0 Å². The lowest BCUT2D eigenvalue weighted by Crippen LogP contribution is -2.44. The molecule has 0 bridgehead atoms. The number of hydrogen-bond acceptors (Lipinski definition) is 3. The fraction of sp³-hybridized carbons (Fsp3) is 0.550. The first kappa shape index (κ1) is 18.4. The van der Waals surface area contributed by atoms with Gasteiger partial charge in [0.1, 0.15) is 0 Å². The van der Waals surface area contributed by atoms with E-state index in [-0.39, 0.29) is 0 Å². The van der Waals surface area contributed by atoms with Gasteiger partial charge < -0.3 is 10.6 Å². The SMILES string of the molecule is CN=C(NCc1ccnc(-n2cccn2)c1)NC1CCC(C(C)C)CC1. The van der Waals surface area contributed by atoms with Crippen molar-refractivity contribution in [2.24, 2.45) is 16.8 Å². The van der Waals surface area contributed by atoms with Gasteiger partial charge in [-0.2, -0.15) is 5.10 Å². The zero-order valence-electron chi connectivity index (χ0n) is 16.0. The zero-order chi connectivity index (χ0) is 18.4. The van der Waals surface area contributed by atoms with Gasteiger partial charge in [0.2, 0.25) is 0 Å². The van der Waals surface area contributed by atoms with Crippen molar-refractivity contribution < 1.29 is 0 Å². The molecule has 3 rings (SSSR count). The molecule has 6 nitrogen and oxygen atoms in total. The summed E-state index contributed by atoms with van der Waals surface area (Å²) in [6.07, 6.45) is 10.5. The number of aromatic nitrogens is 3. The number of aliphatic imine (C=N–C) groups is 1. The number of hydrogen-bond donors (Lipinski definition) is 2. The molecule has 1 aliphatic rings. The van der Waals surface area contributed by atoms with Gasteiger partial charge >= 0.3 is 0 Å². The lowest BCUT2D eigenvalue weighted by Gasteiger charge is -2.32. The molecular formula is C20H30N6. The molecule has 0 spiro atoms. The lowest BCUT2D eigenvalue weighted by atomic mass is 9.80. The van der Waals surface area contributed by atoms with Crippen LogP contribution in [0.15, 0.2) is 41.8 Å². The smallest absolute Gasteiger partial charge is 0.191 e. The van der Waals surface area contributed by atoms with E-state index in [9.17, 15) is 0 Å². The summed E-state index contributed by atoms with van der Waals surface area (Å²) in [5.41, 5.74) is 1.15. The van der Waals surface area contributed by atoms with Crippen LogP contribution in [0.4, 0.5) is 0 Å². The number of nitrogens with one attached hydrogen (secondary N) is 2. The van der Waals surface area contributed by atoms with Gasteiger partial charge in [-0.25, -0.2) is 9.67 Å². The second-order valence-corrected chi connectivity index (χ2v) is 7.40. The molecule has 0 radical (unpaired) electrons. The Bertz CT molecular complexity index is 699. The summed E-state index contributed by atoms with van der Waals surface area (Å²) in [6.45, 7) is 5.38. The van der Waals surface area contributed by atoms with Gasteiger partial charge in [0.15, 0.2) is 11.8 Å². The van der Waals surface area contributed by atoms with Crippen molar-refractivity contribution in [3.8, 4) is 5.82 Å². The Labute approximate surface area is 156 Å². The first-order chi connectivity index (χ1) is 12.7. The van der Waals surface area contributed by atoms with Crippen molar-refractivity contribution in [1.29, 1.82) is 0 Å². The van der Waals surface area contributed by atoms with Gasteiger partial charge in [-0.1, -0.05) is 13.8 Å². The van der Waals surface area contributed by atoms with E-state index in [1.165, 1.54) is 25.7 Å². The fourth-order valence-electron chi connectivity index (χ4n) is 3.60. The highest BCUT2D eigenvalue weighted by Gasteiger charge is 2.23. The lowest BCUT2D eigenvalue weighted by molar-refractivity contribution is 0.250. The van der Waals surface area contributed by atoms with Gasteiger partial charge in [0, 0.05) is 38.2 Å². The Morgan fingerprint density at radius 2 is 2.08 bits per heavy atom. The van der Waals surface area contributed by atoms with Crippen LogP contribution in [0.3, 0.4) is 0 Å². The van der Waals surface area contributed by atoms with Crippen LogP contribution < -0.4 is 10.6 Å². The van der Waals surface area contributed by atoms with E-state index in [0.717, 1.165) is 29.2 Å². The number of nitrogens with zero attached hydrogens (tertiary/aromatic N) is 4. The highest BCUT2D eigenvalue weighted by molar-refractivity contribution is 5.79. The largest absolute Gasteiger partial charge is 0.354 e. The van der Waals surface area contributed by atoms with E-state index in [1.807, 2.05) is 37.6 Å². The monoisotopic (exact) mass is 354 g/mol. The second-order valence-electron chi connectivity index (χ2n) is 7.40. The van der Waals surface area contributed by atoms with Crippen LogP contribution in [0, 0.1) is 11.8 Å². The summed E-state index contributed by atoms with van der Waals surface area (Å²) in [5.74, 6) is 3.37. The van der Waals surface area contributed by atoms with E-state index in [4.69, 9.17) is 0 Å². The summed E-state index contributed by atoms with van der Waals surface area (Å²) in [5, 5.41) is 11.2. The summed E-state index contributed by atoms with van der Waals surface area (Å²) in [4.78, 5) is 8.76. The molecule has 1 saturated carbocycles. The molecule has 0 unspecified atom stereocenters. The third-order valence-corrected chi connectivity index (χ3v) is 5.29. The predicted octanol–water partition coefficient (Wildman–Crippen LogP) is 3.15. The number of guanidine groups is 1. The van der Waals surface area contributed by atoms with Crippen LogP contribution in [0.25, 0.3) is 5.82 Å². The zero-order valence-corrected chi connectivity index (χ0v) is 16.0. The topological polar surface area (TPSA) is 67.1 Å². The molecule has 2 aromatic heterocycles. The highest BCUT2D eigenvalue weighted by atomic mass is 15.3. The quantitative estimate of drug-likeness (QED) is 0.639. The van der Waals surface area contributed by atoms with Crippen molar-refractivity contribution in [2.45, 2.75) is 52.1 Å². The molecule has 0 aliphatic heterocycles. The Hall–Kier alpha value is -2.37.